The largest absolute Gasteiger partial charge is 0.453 e. The van der Waals surface area contributed by atoms with Crippen molar-refractivity contribution in [2.24, 2.45) is 0 Å². The fourth-order valence-electron chi connectivity index (χ4n) is 5.43. The average Bonchev–Trinajstić information content (AvgIpc) is 3.55. The van der Waals surface area contributed by atoms with Crippen LogP contribution in [-0.2, 0) is 0 Å². The summed E-state index contributed by atoms with van der Waals surface area (Å²) in [5.41, 5.74) is 4.87. The highest BCUT2D eigenvalue weighted by Gasteiger charge is 2.20. The van der Waals surface area contributed by atoms with Crippen molar-refractivity contribution in [3.05, 3.63) is 97.3 Å². The van der Waals surface area contributed by atoms with Gasteiger partial charge in [-0.05, 0) is 24.3 Å². The molecule has 144 valence electrons. The molecule has 3 heteroatoms. The fraction of sp³-hybridized carbons (Fsp3) is 0. The lowest BCUT2D eigenvalue weighted by Gasteiger charge is -2.04. The molecule has 0 N–H and O–H groups in total. The van der Waals surface area contributed by atoms with Crippen molar-refractivity contribution in [2.45, 2.75) is 0 Å². The standard InChI is InChI=1S/C28H16N2O/c1-3-13-23-17(7-1)19-9-5-11-21-25(15-29(23)27(19)21)31-26-16-30-24-14-4-2-8-18(24)20-10-6-12-22(26)28(20)30/h1-16H. The topological polar surface area (TPSA) is 18.1 Å². The summed E-state index contributed by atoms with van der Waals surface area (Å²) < 4.78 is 11.1. The summed E-state index contributed by atoms with van der Waals surface area (Å²) in [6.07, 6.45) is 4.26. The second-order valence-corrected chi connectivity index (χ2v) is 8.27. The molecule has 4 heterocycles. The zero-order valence-corrected chi connectivity index (χ0v) is 16.5. The minimum absolute atomic E-state index is 0.893. The molecule has 4 aromatic heterocycles. The Morgan fingerprint density at radius 1 is 0.419 bits per heavy atom. The van der Waals surface area contributed by atoms with Gasteiger partial charge in [0.1, 0.15) is 0 Å². The van der Waals surface area contributed by atoms with Gasteiger partial charge in [0.25, 0.3) is 0 Å². The predicted molar refractivity (Wildman–Crippen MR) is 127 cm³/mol. The van der Waals surface area contributed by atoms with Crippen LogP contribution in [0.25, 0.3) is 54.4 Å². The van der Waals surface area contributed by atoms with E-state index in [1.165, 1.54) is 43.6 Å². The van der Waals surface area contributed by atoms with E-state index in [4.69, 9.17) is 4.74 Å². The molecule has 0 unspecified atom stereocenters. The second-order valence-electron chi connectivity index (χ2n) is 8.27. The van der Waals surface area contributed by atoms with Gasteiger partial charge in [-0.1, -0.05) is 60.7 Å². The third kappa shape index (κ3) is 1.80. The van der Waals surface area contributed by atoms with Crippen molar-refractivity contribution in [1.82, 2.24) is 8.80 Å². The Kier molecular flexibility index (Phi) is 2.65. The monoisotopic (exact) mass is 396 g/mol. The lowest BCUT2D eigenvalue weighted by Crippen LogP contribution is -1.82. The van der Waals surface area contributed by atoms with Crippen LogP contribution >= 0.6 is 0 Å². The molecule has 0 aliphatic carbocycles. The highest BCUT2D eigenvalue weighted by molar-refractivity contribution is 6.17. The Morgan fingerprint density at radius 2 is 0.839 bits per heavy atom. The van der Waals surface area contributed by atoms with Crippen LogP contribution < -0.4 is 4.74 Å². The Labute approximate surface area is 177 Å². The van der Waals surface area contributed by atoms with Crippen molar-refractivity contribution in [2.75, 3.05) is 0 Å². The van der Waals surface area contributed by atoms with Gasteiger partial charge in [-0.15, -0.1) is 0 Å². The van der Waals surface area contributed by atoms with Gasteiger partial charge in [0, 0.05) is 32.3 Å². The predicted octanol–water partition coefficient (Wildman–Crippen LogP) is 7.47. The van der Waals surface area contributed by atoms with E-state index in [1.807, 2.05) is 0 Å². The lowest BCUT2D eigenvalue weighted by molar-refractivity contribution is 0.493. The van der Waals surface area contributed by atoms with Crippen LogP contribution in [0.4, 0.5) is 0 Å². The molecule has 3 nitrogen and oxygen atoms in total. The molecule has 0 saturated carbocycles. The first-order valence-corrected chi connectivity index (χ1v) is 10.5. The number of para-hydroxylation sites is 4. The van der Waals surface area contributed by atoms with E-state index in [0.29, 0.717) is 0 Å². The average molecular weight is 396 g/mol. The minimum Gasteiger partial charge on any atom is -0.453 e. The third-order valence-corrected chi connectivity index (χ3v) is 6.70. The van der Waals surface area contributed by atoms with Gasteiger partial charge < -0.3 is 13.5 Å². The Bertz CT molecular complexity index is 1780. The zero-order chi connectivity index (χ0) is 20.1. The van der Waals surface area contributed by atoms with Crippen molar-refractivity contribution >= 4 is 54.4 Å². The quantitative estimate of drug-likeness (QED) is 0.296. The summed E-state index contributed by atoms with van der Waals surface area (Å²) in [7, 11) is 0. The van der Waals surface area contributed by atoms with Gasteiger partial charge in [0.05, 0.1) is 34.5 Å². The first-order chi connectivity index (χ1) is 15.4. The Hall–Kier alpha value is -4.24. The lowest BCUT2D eigenvalue weighted by atomic mass is 10.1. The second kappa shape index (κ2) is 5.27. The van der Waals surface area contributed by atoms with E-state index in [9.17, 15) is 0 Å². The van der Waals surface area contributed by atoms with Gasteiger partial charge in [0.2, 0.25) is 0 Å². The molecule has 0 bridgehead atoms. The molecule has 8 rings (SSSR count). The van der Waals surface area contributed by atoms with E-state index in [2.05, 4.69) is 106 Å². The normalized spacial score (nSPS) is 12.5. The van der Waals surface area contributed by atoms with Crippen LogP contribution in [0.3, 0.4) is 0 Å². The number of aromatic nitrogens is 2. The number of hydrogen-bond acceptors (Lipinski definition) is 1. The van der Waals surface area contributed by atoms with Crippen molar-refractivity contribution in [3.8, 4) is 11.5 Å². The van der Waals surface area contributed by atoms with Crippen molar-refractivity contribution in [1.29, 1.82) is 0 Å². The minimum atomic E-state index is 0.893. The van der Waals surface area contributed by atoms with E-state index in [1.54, 1.807) is 0 Å². The summed E-state index contributed by atoms with van der Waals surface area (Å²) in [6, 6.07) is 30.1. The number of ether oxygens (including phenoxy) is 1. The molecule has 0 aliphatic heterocycles. The molecule has 31 heavy (non-hydrogen) atoms. The molecule has 8 aromatic rings. The highest BCUT2D eigenvalue weighted by Crippen LogP contribution is 2.43. The van der Waals surface area contributed by atoms with Crippen LogP contribution in [-0.4, -0.2) is 8.80 Å². The number of rotatable bonds is 2. The Morgan fingerprint density at radius 3 is 1.35 bits per heavy atom. The van der Waals surface area contributed by atoms with Gasteiger partial charge in [-0.2, -0.15) is 0 Å². The third-order valence-electron chi connectivity index (χ3n) is 6.70. The maximum atomic E-state index is 6.61. The molecule has 0 radical (unpaired) electrons. The van der Waals surface area contributed by atoms with Crippen LogP contribution in [0.1, 0.15) is 0 Å². The smallest absolute Gasteiger partial charge is 0.153 e. The number of nitrogens with zero attached hydrogens (tertiary/aromatic N) is 2. The van der Waals surface area contributed by atoms with Crippen LogP contribution in [0.5, 0.6) is 11.5 Å². The van der Waals surface area contributed by atoms with E-state index in [0.717, 1.165) is 22.3 Å². The van der Waals surface area contributed by atoms with Crippen LogP contribution in [0.2, 0.25) is 0 Å². The van der Waals surface area contributed by atoms with E-state index in [-0.39, 0.29) is 0 Å². The maximum Gasteiger partial charge on any atom is 0.153 e. The first kappa shape index (κ1) is 15.6. The molecule has 0 amide bonds. The van der Waals surface area contributed by atoms with Crippen LogP contribution in [0.15, 0.2) is 97.3 Å². The molecule has 0 spiro atoms. The molecule has 0 saturated heterocycles. The van der Waals surface area contributed by atoms with Gasteiger partial charge in [-0.25, -0.2) is 0 Å². The summed E-state index contributed by atoms with van der Waals surface area (Å²) in [5, 5.41) is 7.38. The van der Waals surface area contributed by atoms with Crippen LogP contribution in [0, 0.1) is 0 Å². The van der Waals surface area contributed by atoms with Gasteiger partial charge in [0.15, 0.2) is 11.5 Å². The number of hydrogen-bond donors (Lipinski definition) is 0. The van der Waals surface area contributed by atoms with E-state index < -0.39 is 0 Å². The zero-order valence-electron chi connectivity index (χ0n) is 16.5. The molecular formula is C28H16N2O. The molecule has 4 aromatic carbocycles. The summed E-state index contributed by atoms with van der Waals surface area (Å²) >= 11 is 0. The first-order valence-electron chi connectivity index (χ1n) is 10.5. The Balaban J connectivity index is 1.41. The number of fused-ring (bicyclic) bond motifs is 6. The molecule has 0 aliphatic rings. The maximum absolute atomic E-state index is 6.61. The summed E-state index contributed by atoms with van der Waals surface area (Å²) in [6.45, 7) is 0. The van der Waals surface area contributed by atoms with E-state index >= 15 is 0 Å². The van der Waals surface area contributed by atoms with Crippen molar-refractivity contribution in [3.63, 3.8) is 0 Å². The van der Waals surface area contributed by atoms with Gasteiger partial charge >= 0.3 is 0 Å². The summed E-state index contributed by atoms with van der Waals surface area (Å²) in [4.78, 5) is 0. The number of benzene rings is 4. The van der Waals surface area contributed by atoms with Crippen molar-refractivity contribution < 1.29 is 4.74 Å². The summed E-state index contributed by atoms with van der Waals surface area (Å²) in [5.74, 6) is 1.79. The molecule has 0 fully saturated rings. The van der Waals surface area contributed by atoms with Gasteiger partial charge in [-0.3, -0.25) is 0 Å². The molecule has 0 atom stereocenters. The SMILES string of the molecule is c1ccc2c(c1)c1cccc3c(Oc4cn5c6ccccc6c6cccc4c65)cn2c31. The fourth-order valence-corrected chi connectivity index (χ4v) is 5.43. The molecular weight excluding hydrogens is 380 g/mol. The highest BCUT2D eigenvalue weighted by atomic mass is 16.5.